The van der Waals surface area contributed by atoms with Gasteiger partial charge in [0.05, 0.1) is 0 Å². The lowest BCUT2D eigenvalue weighted by molar-refractivity contribution is 0.0522. The average molecular weight is 328 g/mol. The van der Waals surface area contributed by atoms with E-state index in [0.717, 1.165) is 36.1 Å². The predicted octanol–water partition coefficient (Wildman–Crippen LogP) is 2.47. The van der Waals surface area contributed by atoms with Crippen molar-refractivity contribution in [2.45, 2.75) is 39.3 Å². The summed E-state index contributed by atoms with van der Waals surface area (Å²) < 4.78 is 2.94. The van der Waals surface area contributed by atoms with Crippen molar-refractivity contribution in [3.63, 3.8) is 0 Å². The van der Waals surface area contributed by atoms with Crippen molar-refractivity contribution in [2.24, 2.45) is 11.7 Å². The number of hydrogen-bond acceptors (Lipinski definition) is 2. The van der Waals surface area contributed by atoms with Crippen LogP contribution in [0.5, 0.6) is 0 Å². The second-order valence-corrected chi connectivity index (χ2v) is 6.17. The Labute approximate surface area is 123 Å². The summed E-state index contributed by atoms with van der Waals surface area (Å²) in [5.74, 6) is 0.589. The maximum Gasteiger partial charge on any atom is 0.270 e. The Morgan fingerprint density at radius 3 is 2.95 bits per heavy atom. The lowest BCUT2D eigenvalue weighted by atomic mass is 9.90. The first-order valence-corrected chi connectivity index (χ1v) is 7.74. The first-order chi connectivity index (χ1) is 9.08. The van der Waals surface area contributed by atoms with Crippen LogP contribution >= 0.6 is 15.9 Å². The van der Waals surface area contributed by atoms with E-state index in [1.807, 2.05) is 28.7 Å². The smallest absolute Gasteiger partial charge is 0.270 e. The monoisotopic (exact) mass is 327 g/mol. The fraction of sp³-hybridized carbons (Fsp3) is 0.643. The van der Waals surface area contributed by atoms with Crippen LogP contribution in [-0.4, -0.2) is 34.5 Å². The average Bonchev–Trinajstić information content (AvgIpc) is 2.78. The lowest BCUT2D eigenvalue weighted by Gasteiger charge is -2.39. The molecule has 4 nitrogen and oxygen atoms in total. The van der Waals surface area contributed by atoms with E-state index in [4.69, 9.17) is 5.73 Å². The second-order valence-electron chi connectivity index (χ2n) is 5.25. The second kappa shape index (κ2) is 6.09. The molecule has 0 aromatic carbocycles. The fourth-order valence-corrected chi connectivity index (χ4v) is 3.39. The number of piperidine rings is 1. The van der Waals surface area contributed by atoms with Gasteiger partial charge in [0.1, 0.15) is 5.69 Å². The Hall–Kier alpha value is -0.810. The number of carbonyl (C=O) groups is 1. The minimum atomic E-state index is 0.106. The standard InChI is InChI=1S/C14H22BrN3O/c1-3-17-9-11(15)7-12(17)14(19)18-6-4-5-10(2)13(18)8-16/h7,9-10,13H,3-6,8,16H2,1-2H3. The van der Waals surface area contributed by atoms with E-state index in [-0.39, 0.29) is 11.9 Å². The van der Waals surface area contributed by atoms with Gasteiger partial charge in [0.15, 0.2) is 0 Å². The highest BCUT2D eigenvalue weighted by atomic mass is 79.9. The molecule has 1 aliphatic heterocycles. The highest BCUT2D eigenvalue weighted by Gasteiger charge is 2.32. The van der Waals surface area contributed by atoms with Gasteiger partial charge in [-0.15, -0.1) is 0 Å². The molecule has 1 fully saturated rings. The van der Waals surface area contributed by atoms with Crippen LogP contribution in [0.1, 0.15) is 37.2 Å². The Morgan fingerprint density at radius 1 is 1.58 bits per heavy atom. The summed E-state index contributed by atoms with van der Waals surface area (Å²) in [7, 11) is 0. The molecular formula is C14H22BrN3O. The van der Waals surface area contributed by atoms with Gasteiger partial charge in [0, 0.05) is 36.3 Å². The molecule has 2 rings (SSSR count). The van der Waals surface area contributed by atoms with Crippen LogP contribution in [0.3, 0.4) is 0 Å². The summed E-state index contributed by atoms with van der Waals surface area (Å²) >= 11 is 3.44. The van der Waals surface area contributed by atoms with Crippen molar-refractivity contribution in [2.75, 3.05) is 13.1 Å². The molecule has 2 heterocycles. The third-order valence-electron chi connectivity index (χ3n) is 4.04. The quantitative estimate of drug-likeness (QED) is 0.927. The zero-order chi connectivity index (χ0) is 14.0. The van der Waals surface area contributed by atoms with Crippen molar-refractivity contribution in [1.82, 2.24) is 9.47 Å². The van der Waals surface area contributed by atoms with Crippen molar-refractivity contribution < 1.29 is 4.79 Å². The number of rotatable bonds is 3. The molecule has 1 aliphatic rings. The molecule has 5 heteroatoms. The van der Waals surface area contributed by atoms with Crippen molar-refractivity contribution >= 4 is 21.8 Å². The minimum absolute atomic E-state index is 0.106. The first kappa shape index (κ1) is 14.6. The molecule has 0 saturated carbocycles. The largest absolute Gasteiger partial charge is 0.343 e. The van der Waals surface area contributed by atoms with Crippen LogP contribution < -0.4 is 5.73 Å². The third-order valence-corrected chi connectivity index (χ3v) is 4.47. The minimum Gasteiger partial charge on any atom is -0.343 e. The van der Waals surface area contributed by atoms with Crippen LogP contribution in [0.15, 0.2) is 16.7 Å². The first-order valence-electron chi connectivity index (χ1n) is 6.95. The molecule has 0 aliphatic carbocycles. The summed E-state index contributed by atoms with van der Waals surface area (Å²) in [6, 6.07) is 2.07. The molecule has 1 aromatic rings. The Morgan fingerprint density at radius 2 is 2.32 bits per heavy atom. The summed E-state index contributed by atoms with van der Waals surface area (Å²) in [6.07, 6.45) is 4.18. The third kappa shape index (κ3) is 2.87. The van der Waals surface area contributed by atoms with Crippen molar-refractivity contribution in [3.8, 4) is 0 Å². The molecule has 0 bridgehead atoms. The summed E-state index contributed by atoms with van der Waals surface area (Å²) in [5.41, 5.74) is 6.62. The summed E-state index contributed by atoms with van der Waals surface area (Å²) in [5, 5.41) is 0. The maximum atomic E-state index is 12.7. The molecule has 1 amide bonds. The van der Waals surface area contributed by atoms with Gasteiger partial charge in [-0.1, -0.05) is 6.92 Å². The zero-order valence-corrected chi connectivity index (χ0v) is 13.2. The van der Waals surface area contributed by atoms with Crippen LogP contribution in [0.2, 0.25) is 0 Å². The number of aromatic nitrogens is 1. The molecule has 1 aromatic heterocycles. The van der Waals surface area contributed by atoms with Crippen molar-refractivity contribution in [1.29, 1.82) is 0 Å². The van der Waals surface area contributed by atoms with Gasteiger partial charge in [-0.05, 0) is 47.7 Å². The van der Waals surface area contributed by atoms with E-state index in [0.29, 0.717) is 12.5 Å². The Balaban J connectivity index is 2.26. The van der Waals surface area contributed by atoms with Crippen LogP contribution in [0.25, 0.3) is 0 Å². The molecule has 2 unspecified atom stereocenters. The number of halogens is 1. The van der Waals surface area contributed by atoms with Gasteiger partial charge >= 0.3 is 0 Å². The number of amides is 1. The van der Waals surface area contributed by atoms with Gasteiger partial charge in [-0.3, -0.25) is 4.79 Å². The normalized spacial score (nSPS) is 23.7. The van der Waals surface area contributed by atoms with E-state index in [1.54, 1.807) is 0 Å². The molecule has 1 saturated heterocycles. The summed E-state index contributed by atoms with van der Waals surface area (Å²) in [6.45, 7) is 6.38. The molecular weight excluding hydrogens is 306 g/mol. The molecule has 2 N–H and O–H groups in total. The van der Waals surface area contributed by atoms with Crippen LogP contribution in [0.4, 0.5) is 0 Å². The highest BCUT2D eigenvalue weighted by Crippen LogP contribution is 2.25. The topological polar surface area (TPSA) is 51.3 Å². The Kier molecular flexibility index (Phi) is 4.68. The molecule has 0 spiro atoms. The number of carbonyl (C=O) groups excluding carboxylic acids is 1. The molecule has 0 radical (unpaired) electrons. The lowest BCUT2D eigenvalue weighted by Crippen LogP contribution is -2.51. The van der Waals surface area contributed by atoms with E-state index in [9.17, 15) is 4.79 Å². The number of nitrogens with zero attached hydrogens (tertiary/aromatic N) is 2. The van der Waals surface area contributed by atoms with E-state index in [1.165, 1.54) is 0 Å². The van der Waals surface area contributed by atoms with Gasteiger partial charge in [-0.2, -0.15) is 0 Å². The van der Waals surface area contributed by atoms with Crippen LogP contribution in [0, 0.1) is 5.92 Å². The van der Waals surface area contributed by atoms with E-state index < -0.39 is 0 Å². The van der Waals surface area contributed by atoms with Crippen LogP contribution in [-0.2, 0) is 6.54 Å². The predicted molar refractivity (Wildman–Crippen MR) is 80.1 cm³/mol. The van der Waals surface area contributed by atoms with Gasteiger partial charge in [0.2, 0.25) is 0 Å². The molecule has 19 heavy (non-hydrogen) atoms. The SMILES string of the molecule is CCn1cc(Br)cc1C(=O)N1CCCC(C)C1CN. The van der Waals surface area contributed by atoms with Gasteiger partial charge in [0.25, 0.3) is 5.91 Å². The number of aryl methyl sites for hydroxylation is 1. The molecule has 106 valence electrons. The highest BCUT2D eigenvalue weighted by molar-refractivity contribution is 9.10. The number of nitrogens with two attached hydrogens (primary N) is 1. The Bertz CT molecular complexity index is 458. The van der Waals surface area contributed by atoms with Gasteiger partial charge < -0.3 is 15.2 Å². The van der Waals surface area contributed by atoms with E-state index in [2.05, 4.69) is 22.9 Å². The zero-order valence-electron chi connectivity index (χ0n) is 11.6. The van der Waals surface area contributed by atoms with Crippen molar-refractivity contribution in [3.05, 3.63) is 22.4 Å². The van der Waals surface area contributed by atoms with Gasteiger partial charge in [-0.25, -0.2) is 0 Å². The number of likely N-dealkylation sites (tertiary alicyclic amines) is 1. The molecule has 2 atom stereocenters. The summed E-state index contributed by atoms with van der Waals surface area (Å²) in [4.78, 5) is 14.7. The van der Waals surface area contributed by atoms with E-state index >= 15 is 0 Å². The fourth-order valence-electron chi connectivity index (χ4n) is 2.92. The number of hydrogen-bond donors (Lipinski definition) is 1. The maximum absolute atomic E-state index is 12.7.